The van der Waals surface area contributed by atoms with Crippen LogP contribution in [0.3, 0.4) is 0 Å². The highest BCUT2D eigenvalue weighted by atomic mass is 16.5. The second-order valence-electron chi connectivity index (χ2n) is 2.99. The monoisotopic (exact) mass is 189 g/mol. The Bertz CT molecular complexity index is 139. The molecule has 0 aliphatic carbocycles. The number of nitrogens with one attached hydrogen (secondary N) is 1. The molecular weight excluding hydrogens is 170 g/mol. The Hall–Kier alpha value is -0.650. The largest absolute Gasteiger partial charge is 0.370 e. The standard InChI is InChI=1S/C8H19N3O2/c1-11(2)5-4-10-8(12)7-13-6-3-9/h3-7,9H2,1-2H3,(H,10,12). The van der Waals surface area contributed by atoms with Gasteiger partial charge in [-0.3, -0.25) is 4.79 Å². The average Bonchev–Trinajstić information content (AvgIpc) is 2.04. The maximum Gasteiger partial charge on any atom is 0.246 e. The van der Waals surface area contributed by atoms with Crippen LogP contribution in [0.1, 0.15) is 0 Å². The molecule has 5 nitrogen and oxygen atoms in total. The van der Waals surface area contributed by atoms with Crippen LogP contribution < -0.4 is 11.1 Å². The Morgan fingerprint density at radius 2 is 2.23 bits per heavy atom. The number of ether oxygens (including phenoxy) is 1. The van der Waals surface area contributed by atoms with Crippen molar-refractivity contribution in [2.24, 2.45) is 5.73 Å². The first kappa shape index (κ1) is 12.3. The van der Waals surface area contributed by atoms with E-state index in [1.165, 1.54) is 0 Å². The Kier molecular flexibility index (Phi) is 7.57. The molecule has 0 unspecified atom stereocenters. The number of carbonyl (C=O) groups excluding carboxylic acids is 1. The Labute approximate surface area is 79.2 Å². The molecule has 0 saturated heterocycles. The molecule has 0 bridgehead atoms. The number of rotatable bonds is 7. The van der Waals surface area contributed by atoms with E-state index >= 15 is 0 Å². The first-order valence-corrected chi connectivity index (χ1v) is 4.36. The van der Waals surface area contributed by atoms with Crippen LogP contribution in [-0.4, -0.2) is 57.8 Å². The topological polar surface area (TPSA) is 67.6 Å². The molecule has 78 valence electrons. The second-order valence-corrected chi connectivity index (χ2v) is 2.99. The summed E-state index contributed by atoms with van der Waals surface area (Å²) in [5, 5.41) is 2.73. The molecule has 0 fully saturated rings. The fraction of sp³-hybridized carbons (Fsp3) is 0.875. The molecule has 3 N–H and O–H groups in total. The van der Waals surface area contributed by atoms with Gasteiger partial charge >= 0.3 is 0 Å². The van der Waals surface area contributed by atoms with Crippen molar-refractivity contribution in [1.29, 1.82) is 0 Å². The van der Waals surface area contributed by atoms with Crippen LogP contribution in [0.25, 0.3) is 0 Å². The van der Waals surface area contributed by atoms with Gasteiger partial charge in [-0.05, 0) is 14.1 Å². The van der Waals surface area contributed by atoms with Gasteiger partial charge in [-0.25, -0.2) is 0 Å². The minimum Gasteiger partial charge on any atom is -0.370 e. The lowest BCUT2D eigenvalue weighted by atomic mass is 10.5. The molecule has 0 radical (unpaired) electrons. The van der Waals surface area contributed by atoms with E-state index in [-0.39, 0.29) is 12.5 Å². The molecule has 0 saturated carbocycles. The van der Waals surface area contributed by atoms with Crippen molar-refractivity contribution in [2.75, 3.05) is 46.9 Å². The number of carbonyl (C=O) groups is 1. The quantitative estimate of drug-likeness (QED) is 0.485. The lowest BCUT2D eigenvalue weighted by molar-refractivity contribution is -0.125. The molecule has 0 aliphatic rings. The third kappa shape index (κ3) is 9.26. The predicted molar refractivity (Wildman–Crippen MR) is 51.4 cm³/mol. The SMILES string of the molecule is CN(C)CCNC(=O)COCCN. The smallest absolute Gasteiger partial charge is 0.246 e. The van der Waals surface area contributed by atoms with Gasteiger partial charge in [0.1, 0.15) is 6.61 Å². The van der Waals surface area contributed by atoms with E-state index < -0.39 is 0 Å². The zero-order valence-electron chi connectivity index (χ0n) is 8.38. The summed E-state index contributed by atoms with van der Waals surface area (Å²) in [7, 11) is 3.91. The normalized spacial score (nSPS) is 10.5. The zero-order valence-corrected chi connectivity index (χ0v) is 8.38. The van der Waals surface area contributed by atoms with Crippen molar-refractivity contribution in [3.63, 3.8) is 0 Å². The van der Waals surface area contributed by atoms with Crippen LogP contribution in [0, 0.1) is 0 Å². The Morgan fingerprint density at radius 1 is 1.54 bits per heavy atom. The number of likely N-dealkylation sites (N-methyl/N-ethyl adjacent to an activating group) is 1. The summed E-state index contributed by atoms with van der Waals surface area (Å²) in [6.45, 7) is 2.47. The van der Waals surface area contributed by atoms with E-state index in [9.17, 15) is 4.79 Å². The van der Waals surface area contributed by atoms with Gasteiger partial charge in [0.05, 0.1) is 6.61 Å². The van der Waals surface area contributed by atoms with Crippen LogP contribution in [0.5, 0.6) is 0 Å². The molecule has 0 aromatic heterocycles. The number of nitrogens with zero attached hydrogens (tertiary/aromatic N) is 1. The second kappa shape index (κ2) is 7.97. The summed E-state index contributed by atoms with van der Waals surface area (Å²) >= 11 is 0. The van der Waals surface area contributed by atoms with Crippen molar-refractivity contribution in [3.05, 3.63) is 0 Å². The molecular formula is C8H19N3O2. The van der Waals surface area contributed by atoms with Crippen molar-refractivity contribution < 1.29 is 9.53 Å². The number of hydrogen-bond donors (Lipinski definition) is 2. The van der Waals surface area contributed by atoms with Crippen molar-refractivity contribution in [2.45, 2.75) is 0 Å². The highest BCUT2D eigenvalue weighted by Gasteiger charge is 1.99. The lowest BCUT2D eigenvalue weighted by Crippen LogP contribution is -2.34. The predicted octanol–water partition coefficient (Wildman–Crippen LogP) is -1.36. The van der Waals surface area contributed by atoms with Gasteiger partial charge in [0.25, 0.3) is 0 Å². The van der Waals surface area contributed by atoms with Gasteiger partial charge in [0.15, 0.2) is 0 Å². The number of amides is 1. The molecule has 0 rings (SSSR count). The van der Waals surface area contributed by atoms with Gasteiger partial charge in [0.2, 0.25) is 5.91 Å². The summed E-state index contributed by atoms with van der Waals surface area (Å²) in [6, 6.07) is 0. The molecule has 0 aromatic carbocycles. The molecule has 1 amide bonds. The van der Waals surface area contributed by atoms with Crippen molar-refractivity contribution >= 4 is 5.91 Å². The first-order chi connectivity index (χ1) is 6.16. The van der Waals surface area contributed by atoms with Gasteiger partial charge in [-0.1, -0.05) is 0 Å². The third-order valence-electron chi connectivity index (χ3n) is 1.38. The fourth-order valence-electron chi connectivity index (χ4n) is 0.718. The van der Waals surface area contributed by atoms with Crippen LogP contribution in [0.4, 0.5) is 0 Å². The first-order valence-electron chi connectivity index (χ1n) is 4.36. The molecule has 5 heteroatoms. The minimum absolute atomic E-state index is 0.0877. The number of nitrogens with two attached hydrogens (primary N) is 1. The lowest BCUT2D eigenvalue weighted by Gasteiger charge is -2.10. The highest BCUT2D eigenvalue weighted by Crippen LogP contribution is 1.75. The summed E-state index contributed by atoms with van der Waals surface area (Å²) in [4.78, 5) is 13.0. The van der Waals surface area contributed by atoms with Crippen LogP contribution in [-0.2, 0) is 9.53 Å². The molecule has 0 aliphatic heterocycles. The van der Waals surface area contributed by atoms with E-state index in [4.69, 9.17) is 10.5 Å². The zero-order chi connectivity index (χ0) is 10.1. The average molecular weight is 189 g/mol. The maximum absolute atomic E-state index is 11.0. The van der Waals surface area contributed by atoms with E-state index in [1.807, 2.05) is 19.0 Å². The fourth-order valence-corrected chi connectivity index (χ4v) is 0.718. The van der Waals surface area contributed by atoms with Crippen LogP contribution in [0.15, 0.2) is 0 Å². The summed E-state index contributed by atoms with van der Waals surface area (Å²) in [5.74, 6) is -0.0877. The minimum atomic E-state index is -0.0877. The molecule has 0 heterocycles. The maximum atomic E-state index is 11.0. The Balaban J connectivity index is 3.20. The molecule has 13 heavy (non-hydrogen) atoms. The van der Waals surface area contributed by atoms with Crippen LogP contribution in [0.2, 0.25) is 0 Å². The summed E-state index contributed by atoms with van der Waals surface area (Å²) < 4.78 is 4.95. The summed E-state index contributed by atoms with van der Waals surface area (Å²) in [5.41, 5.74) is 5.19. The number of hydrogen-bond acceptors (Lipinski definition) is 4. The highest BCUT2D eigenvalue weighted by molar-refractivity contribution is 5.77. The third-order valence-corrected chi connectivity index (χ3v) is 1.38. The molecule has 0 aromatic rings. The van der Waals surface area contributed by atoms with Crippen molar-refractivity contribution in [3.8, 4) is 0 Å². The van der Waals surface area contributed by atoms with Crippen LogP contribution >= 0.6 is 0 Å². The Morgan fingerprint density at radius 3 is 2.77 bits per heavy atom. The molecule has 0 spiro atoms. The van der Waals surface area contributed by atoms with Crippen molar-refractivity contribution in [1.82, 2.24) is 10.2 Å². The van der Waals surface area contributed by atoms with Gasteiger partial charge in [-0.15, -0.1) is 0 Å². The summed E-state index contributed by atoms with van der Waals surface area (Å²) in [6.07, 6.45) is 0. The van der Waals surface area contributed by atoms with Gasteiger partial charge in [0, 0.05) is 19.6 Å². The van der Waals surface area contributed by atoms with E-state index in [0.29, 0.717) is 19.7 Å². The van der Waals surface area contributed by atoms with Gasteiger partial charge < -0.3 is 20.7 Å². The van der Waals surface area contributed by atoms with E-state index in [2.05, 4.69) is 5.32 Å². The molecule has 0 atom stereocenters. The van der Waals surface area contributed by atoms with E-state index in [0.717, 1.165) is 6.54 Å². The van der Waals surface area contributed by atoms with Gasteiger partial charge in [-0.2, -0.15) is 0 Å². The van der Waals surface area contributed by atoms with E-state index in [1.54, 1.807) is 0 Å².